The van der Waals surface area contributed by atoms with E-state index in [0.29, 0.717) is 24.0 Å². The molecule has 0 fully saturated rings. The highest BCUT2D eigenvalue weighted by Gasteiger charge is 2.12. The van der Waals surface area contributed by atoms with Crippen LogP contribution in [0, 0.1) is 6.92 Å². The van der Waals surface area contributed by atoms with E-state index in [0.717, 1.165) is 22.1 Å². The molecule has 0 saturated heterocycles. The van der Waals surface area contributed by atoms with E-state index in [2.05, 4.69) is 15.4 Å². The smallest absolute Gasteiger partial charge is 0.274 e. The van der Waals surface area contributed by atoms with Crippen LogP contribution in [0.4, 0.5) is 0 Å². The van der Waals surface area contributed by atoms with E-state index in [1.807, 2.05) is 61.5 Å². The first kappa shape index (κ1) is 19.5. The summed E-state index contributed by atoms with van der Waals surface area (Å²) in [5.74, 6) is -0.0866. The minimum absolute atomic E-state index is 0.0866. The van der Waals surface area contributed by atoms with Gasteiger partial charge in [0.15, 0.2) is 0 Å². The molecule has 0 aliphatic carbocycles. The number of carbonyl (C=O) groups excluding carboxylic acids is 1. The molecular weight excluding hydrogens is 376 g/mol. The van der Waals surface area contributed by atoms with Crippen molar-refractivity contribution in [1.29, 1.82) is 0 Å². The van der Waals surface area contributed by atoms with Crippen LogP contribution in [-0.2, 0) is 24.3 Å². The summed E-state index contributed by atoms with van der Waals surface area (Å²) in [6, 6.07) is 19.0. The SMILES string of the molecule is Cc1cccc(CC(=O)NCc2nn(Cc3cccnc3)c(=O)c3ccccc23)c1. The molecule has 0 spiro atoms. The number of benzene rings is 2. The van der Waals surface area contributed by atoms with E-state index in [9.17, 15) is 9.59 Å². The van der Waals surface area contributed by atoms with Crippen LogP contribution < -0.4 is 10.9 Å². The third-order valence-electron chi connectivity index (χ3n) is 4.90. The van der Waals surface area contributed by atoms with Crippen molar-refractivity contribution in [3.63, 3.8) is 0 Å². The number of hydrogen-bond donors (Lipinski definition) is 1. The number of rotatable bonds is 6. The Morgan fingerprint density at radius 3 is 2.57 bits per heavy atom. The first-order valence-electron chi connectivity index (χ1n) is 9.80. The standard InChI is InChI=1S/C24H22N4O2/c1-17-6-4-7-18(12-17)13-23(29)26-15-22-20-9-2-3-10-21(20)24(30)28(27-22)16-19-8-5-11-25-14-19/h2-12,14H,13,15-16H2,1H3,(H,26,29). The van der Waals surface area contributed by atoms with Crippen LogP contribution in [0.2, 0.25) is 0 Å². The molecule has 4 aromatic rings. The van der Waals surface area contributed by atoms with Crippen LogP contribution in [0.5, 0.6) is 0 Å². The van der Waals surface area contributed by atoms with E-state index in [1.165, 1.54) is 4.68 Å². The van der Waals surface area contributed by atoms with Crippen LogP contribution in [-0.4, -0.2) is 20.7 Å². The van der Waals surface area contributed by atoms with Gasteiger partial charge in [0.25, 0.3) is 5.56 Å². The molecule has 150 valence electrons. The fraction of sp³-hybridized carbons (Fsp3) is 0.167. The predicted octanol–water partition coefficient (Wildman–Crippen LogP) is 3.01. The predicted molar refractivity (Wildman–Crippen MR) is 116 cm³/mol. The maximum Gasteiger partial charge on any atom is 0.274 e. The number of nitrogens with one attached hydrogen (secondary N) is 1. The lowest BCUT2D eigenvalue weighted by Gasteiger charge is -2.12. The minimum Gasteiger partial charge on any atom is -0.350 e. The second-order valence-electron chi connectivity index (χ2n) is 7.26. The average molecular weight is 398 g/mol. The third-order valence-corrected chi connectivity index (χ3v) is 4.90. The van der Waals surface area contributed by atoms with Crippen molar-refractivity contribution in [3.8, 4) is 0 Å². The number of fused-ring (bicyclic) bond motifs is 1. The Kier molecular flexibility index (Phi) is 5.66. The molecule has 0 radical (unpaired) electrons. The molecular formula is C24H22N4O2. The number of hydrogen-bond acceptors (Lipinski definition) is 4. The molecule has 1 amide bonds. The summed E-state index contributed by atoms with van der Waals surface area (Å²) < 4.78 is 1.43. The van der Waals surface area contributed by atoms with Crippen LogP contribution in [0.3, 0.4) is 0 Å². The van der Waals surface area contributed by atoms with Gasteiger partial charge in [-0.05, 0) is 30.2 Å². The Labute approximate surface area is 174 Å². The number of amides is 1. The lowest BCUT2D eigenvalue weighted by molar-refractivity contribution is -0.120. The fourth-order valence-corrected chi connectivity index (χ4v) is 3.46. The highest BCUT2D eigenvalue weighted by Crippen LogP contribution is 2.14. The van der Waals surface area contributed by atoms with Crippen molar-refractivity contribution >= 4 is 16.7 Å². The lowest BCUT2D eigenvalue weighted by atomic mass is 10.1. The lowest BCUT2D eigenvalue weighted by Crippen LogP contribution is -2.29. The van der Waals surface area contributed by atoms with Gasteiger partial charge in [-0.25, -0.2) is 4.68 Å². The molecule has 0 aliphatic rings. The Morgan fingerprint density at radius 1 is 1.00 bits per heavy atom. The van der Waals surface area contributed by atoms with Crippen molar-refractivity contribution in [3.05, 3.63) is 106 Å². The number of pyridine rings is 1. The van der Waals surface area contributed by atoms with E-state index in [-0.39, 0.29) is 18.0 Å². The van der Waals surface area contributed by atoms with Crippen LogP contribution in [0.15, 0.2) is 77.9 Å². The highest BCUT2D eigenvalue weighted by atomic mass is 16.1. The fourth-order valence-electron chi connectivity index (χ4n) is 3.46. The summed E-state index contributed by atoms with van der Waals surface area (Å²) in [6.45, 7) is 2.57. The summed E-state index contributed by atoms with van der Waals surface area (Å²) in [5.41, 5.74) is 3.47. The number of carbonyl (C=O) groups is 1. The van der Waals surface area contributed by atoms with Crippen LogP contribution >= 0.6 is 0 Å². The largest absolute Gasteiger partial charge is 0.350 e. The van der Waals surface area contributed by atoms with Gasteiger partial charge in [0, 0.05) is 17.8 Å². The van der Waals surface area contributed by atoms with Crippen molar-refractivity contribution < 1.29 is 4.79 Å². The number of nitrogens with zero attached hydrogens (tertiary/aromatic N) is 3. The van der Waals surface area contributed by atoms with Gasteiger partial charge in [-0.1, -0.05) is 54.1 Å². The van der Waals surface area contributed by atoms with Gasteiger partial charge >= 0.3 is 0 Å². The molecule has 6 nitrogen and oxygen atoms in total. The first-order valence-corrected chi connectivity index (χ1v) is 9.80. The molecule has 2 aromatic carbocycles. The topological polar surface area (TPSA) is 76.9 Å². The molecule has 0 bridgehead atoms. The molecule has 2 heterocycles. The molecule has 4 rings (SSSR count). The molecule has 0 unspecified atom stereocenters. The van der Waals surface area contributed by atoms with E-state index in [1.54, 1.807) is 18.5 Å². The molecule has 0 aliphatic heterocycles. The average Bonchev–Trinajstić information content (AvgIpc) is 2.75. The number of aromatic nitrogens is 3. The Morgan fingerprint density at radius 2 is 1.80 bits per heavy atom. The van der Waals surface area contributed by atoms with Crippen molar-refractivity contribution in [2.45, 2.75) is 26.4 Å². The van der Waals surface area contributed by atoms with Gasteiger partial charge in [-0.3, -0.25) is 14.6 Å². The van der Waals surface area contributed by atoms with Gasteiger partial charge < -0.3 is 5.32 Å². The number of aryl methyl sites for hydroxylation is 1. The van der Waals surface area contributed by atoms with Crippen molar-refractivity contribution in [2.24, 2.45) is 0 Å². The Balaban J connectivity index is 1.59. The summed E-state index contributed by atoms with van der Waals surface area (Å²) in [4.78, 5) is 29.4. The zero-order chi connectivity index (χ0) is 20.9. The maximum atomic E-state index is 12.9. The summed E-state index contributed by atoms with van der Waals surface area (Å²) in [7, 11) is 0. The normalized spacial score (nSPS) is 10.8. The van der Waals surface area contributed by atoms with Gasteiger partial charge in [-0.2, -0.15) is 5.10 Å². The zero-order valence-electron chi connectivity index (χ0n) is 16.7. The third kappa shape index (κ3) is 4.43. The van der Waals surface area contributed by atoms with Crippen LogP contribution in [0.25, 0.3) is 10.8 Å². The molecule has 6 heteroatoms. The second-order valence-corrected chi connectivity index (χ2v) is 7.26. The Bertz CT molecular complexity index is 1250. The molecule has 1 N–H and O–H groups in total. The molecule has 2 aromatic heterocycles. The summed E-state index contributed by atoms with van der Waals surface area (Å²) in [6.07, 6.45) is 3.71. The molecule has 0 atom stereocenters. The minimum atomic E-state index is -0.163. The monoisotopic (exact) mass is 398 g/mol. The van der Waals surface area contributed by atoms with E-state index in [4.69, 9.17) is 0 Å². The van der Waals surface area contributed by atoms with E-state index >= 15 is 0 Å². The molecule has 30 heavy (non-hydrogen) atoms. The Hall–Kier alpha value is -3.80. The maximum absolute atomic E-state index is 12.9. The van der Waals surface area contributed by atoms with Gasteiger partial charge in [0.1, 0.15) is 0 Å². The molecule has 0 saturated carbocycles. The van der Waals surface area contributed by atoms with Crippen molar-refractivity contribution in [1.82, 2.24) is 20.1 Å². The summed E-state index contributed by atoms with van der Waals surface area (Å²) in [5, 5.41) is 8.82. The van der Waals surface area contributed by atoms with Crippen molar-refractivity contribution in [2.75, 3.05) is 0 Å². The second kappa shape index (κ2) is 8.69. The van der Waals surface area contributed by atoms with Crippen LogP contribution in [0.1, 0.15) is 22.4 Å². The van der Waals surface area contributed by atoms with Gasteiger partial charge in [0.05, 0.1) is 30.6 Å². The van der Waals surface area contributed by atoms with Gasteiger partial charge in [-0.15, -0.1) is 0 Å². The summed E-state index contributed by atoms with van der Waals surface area (Å²) >= 11 is 0. The van der Waals surface area contributed by atoms with Gasteiger partial charge in [0.2, 0.25) is 5.91 Å². The quantitative estimate of drug-likeness (QED) is 0.542. The first-order chi connectivity index (χ1) is 14.6. The van der Waals surface area contributed by atoms with E-state index < -0.39 is 0 Å². The highest BCUT2D eigenvalue weighted by molar-refractivity contribution is 5.84. The zero-order valence-corrected chi connectivity index (χ0v) is 16.7.